The quantitative estimate of drug-likeness (QED) is 0.555. The standard InChI is InChI=1S/C19H19NS/c1-13(2)19(3,4)16-10-12-21-18(16)17-15-8-6-5-7-14(15)9-11-20-17/h5-12H,1H2,2-4H3. The number of hydrogen-bond donors (Lipinski definition) is 0. The summed E-state index contributed by atoms with van der Waals surface area (Å²) in [7, 11) is 0. The van der Waals surface area contributed by atoms with Crippen molar-refractivity contribution < 1.29 is 0 Å². The second-order valence-electron chi connectivity index (χ2n) is 5.95. The molecule has 0 aliphatic rings. The lowest BCUT2D eigenvalue weighted by molar-refractivity contribution is 0.630. The third kappa shape index (κ3) is 2.30. The molecule has 0 amide bonds. The zero-order chi connectivity index (χ0) is 15.0. The Morgan fingerprint density at radius 1 is 1.14 bits per heavy atom. The van der Waals surface area contributed by atoms with Crippen molar-refractivity contribution in [3.8, 4) is 10.6 Å². The molecule has 0 aliphatic heterocycles. The van der Waals surface area contributed by atoms with Crippen LogP contribution in [0.1, 0.15) is 26.3 Å². The summed E-state index contributed by atoms with van der Waals surface area (Å²) in [6, 6.07) is 12.7. The molecule has 0 radical (unpaired) electrons. The lowest BCUT2D eigenvalue weighted by Gasteiger charge is -2.26. The fourth-order valence-electron chi connectivity index (χ4n) is 2.52. The van der Waals surface area contributed by atoms with E-state index in [4.69, 9.17) is 0 Å². The van der Waals surface area contributed by atoms with Crippen LogP contribution in [0, 0.1) is 0 Å². The molecule has 3 rings (SSSR count). The minimum absolute atomic E-state index is 0.0477. The molecule has 1 aromatic carbocycles. The van der Waals surface area contributed by atoms with Crippen LogP contribution >= 0.6 is 11.3 Å². The lowest BCUT2D eigenvalue weighted by atomic mass is 9.78. The van der Waals surface area contributed by atoms with E-state index in [1.807, 2.05) is 6.20 Å². The van der Waals surface area contributed by atoms with Gasteiger partial charge in [-0.25, -0.2) is 0 Å². The van der Waals surface area contributed by atoms with Gasteiger partial charge in [-0.15, -0.1) is 11.3 Å². The first-order valence-corrected chi connectivity index (χ1v) is 7.98. The number of nitrogens with zero attached hydrogens (tertiary/aromatic N) is 1. The molecule has 2 heterocycles. The molecule has 0 atom stereocenters. The van der Waals surface area contributed by atoms with Crippen LogP contribution in [0.15, 0.2) is 60.1 Å². The molecule has 3 aromatic rings. The summed E-state index contributed by atoms with van der Waals surface area (Å²) in [6.07, 6.45) is 1.90. The van der Waals surface area contributed by atoms with Gasteiger partial charge in [0.05, 0.1) is 10.6 Å². The van der Waals surface area contributed by atoms with E-state index in [-0.39, 0.29) is 5.41 Å². The first kappa shape index (κ1) is 14.0. The van der Waals surface area contributed by atoms with Gasteiger partial charge in [-0.2, -0.15) is 0 Å². The number of rotatable bonds is 3. The van der Waals surface area contributed by atoms with Crippen molar-refractivity contribution in [2.24, 2.45) is 0 Å². The van der Waals surface area contributed by atoms with Gasteiger partial charge < -0.3 is 0 Å². The van der Waals surface area contributed by atoms with Gasteiger partial charge in [-0.3, -0.25) is 4.98 Å². The van der Waals surface area contributed by atoms with Gasteiger partial charge in [0.25, 0.3) is 0 Å². The topological polar surface area (TPSA) is 12.9 Å². The Balaban J connectivity index is 2.26. The highest BCUT2D eigenvalue weighted by atomic mass is 32.1. The summed E-state index contributed by atoms with van der Waals surface area (Å²) in [6.45, 7) is 10.7. The first-order valence-electron chi connectivity index (χ1n) is 7.10. The van der Waals surface area contributed by atoms with Crippen molar-refractivity contribution in [1.82, 2.24) is 4.98 Å². The van der Waals surface area contributed by atoms with Crippen LogP contribution in [-0.2, 0) is 5.41 Å². The van der Waals surface area contributed by atoms with Crippen LogP contribution in [0.2, 0.25) is 0 Å². The van der Waals surface area contributed by atoms with E-state index >= 15 is 0 Å². The highest BCUT2D eigenvalue weighted by molar-refractivity contribution is 7.13. The Kier molecular flexibility index (Phi) is 3.42. The number of pyridine rings is 1. The number of hydrogen-bond acceptors (Lipinski definition) is 2. The van der Waals surface area contributed by atoms with Crippen molar-refractivity contribution in [3.05, 3.63) is 65.7 Å². The third-order valence-electron chi connectivity index (χ3n) is 4.29. The van der Waals surface area contributed by atoms with E-state index in [1.54, 1.807) is 11.3 Å². The molecule has 0 aliphatic carbocycles. The second kappa shape index (κ2) is 5.12. The Labute approximate surface area is 130 Å². The van der Waals surface area contributed by atoms with Gasteiger partial charge in [-0.05, 0) is 35.4 Å². The molecule has 0 spiro atoms. The summed E-state index contributed by atoms with van der Waals surface area (Å²) < 4.78 is 0. The molecule has 106 valence electrons. The van der Waals surface area contributed by atoms with Crippen molar-refractivity contribution in [2.75, 3.05) is 0 Å². The monoisotopic (exact) mass is 293 g/mol. The number of fused-ring (bicyclic) bond motifs is 1. The van der Waals surface area contributed by atoms with E-state index in [1.165, 1.54) is 26.8 Å². The SMILES string of the molecule is C=C(C)C(C)(C)c1ccsc1-c1nccc2ccccc12. The maximum atomic E-state index is 4.66. The summed E-state index contributed by atoms with van der Waals surface area (Å²) in [4.78, 5) is 5.91. The fraction of sp³-hybridized carbons (Fsp3) is 0.211. The van der Waals surface area contributed by atoms with Crippen LogP contribution in [-0.4, -0.2) is 4.98 Å². The average molecular weight is 293 g/mol. The Hall–Kier alpha value is -1.93. The van der Waals surface area contributed by atoms with Crippen molar-refractivity contribution in [3.63, 3.8) is 0 Å². The number of benzene rings is 1. The number of aromatic nitrogens is 1. The van der Waals surface area contributed by atoms with E-state index < -0.39 is 0 Å². The normalized spacial score (nSPS) is 11.8. The molecule has 1 nitrogen and oxygen atoms in total. The van der Waals surface area contributed by atoms with Crippen molar-refractivity contribution >= 4 is 22.1 Å². The highest BCUT2D eigenvalue weighted by Gasteiger charge is 2.26. The predicted molar refractivity (Wildman–Crippen MR) is 92.9 cm³/mol. The molecular formula is C19H19NS. The summed E-state index contributed by atoms with van der Waals surface area (Å²) in [5.41, 5.74) is 3.51. The van der Waals surface area contributed by atoms with Crippen LogP contribution < -0.4 is 0 Å². The van der Waals surface area contributed by atoms with Crippen molar-refractivity contribution in [2.45, 2.75) is 26.2 Å². The van der Waals surface area contributed by atoms with Crippen LogP contribution in [0.4, 0.5) is 0 Å². The summed E-state index contributed by atoms with van der Waals surface area (Å²) in [5.74, 6) is 0. The average Bonchev–Trinajstić information content (AvgIpc) is 2.96. The maximum Gasteiger partial charge on any atom is 0.0883 e. The fourth-order valence-corrected chi connectivity index (χ4v) is 3.58. The van der Waals surface area contributed by atoms with E-state index in [9.17, 15) is 0 Å². The largest absolute Gasteiger partial charge is 0.255 e. The zero-order valence-electron chi connectivity index (χ0n) is 12.7. The molecule has 0 unspecified atom stereocenters. The highest BCUT2D eigenvalue weighted by Crippen LogP contribution is 2.41. The third-order valence-corrected chi connectivity index (χ3v) is 5.22. The predicted octanol–water partition coefficient (Wildman–Crippen LogP) is 5.82. The van der Waals surface area contributed by atoms with E-state index in [0.717, 1.165) is 5.69 Å². The molecule has 21 heavy (non-hydrogen) atoms. The van der Waals surface area contributed by atoms with Crippen LogP contribution in [0.5, 0.6) is 0 Å². The van der Waals surface area contributed by atoms with Gasteiger partial charge >= 0.3 is 0 Å². The van der Waals surface area contributed by atoms with E-state index in [2.05, 4.69) is 74.1 Å². The molecule has 0 N–H and O–H groups in total. The van der Waals surface area contributed by atoms with Gasteiger partial charge in [0.2, 0.25) is 0 Å². The molecule has 0 saturated heterocycles. The van der Waals surface area contributed by atoms with Crippen molar-refractivity contribution in [1.29, 1.82) is 0 Å². The lowest BCUT2D eigenvalue weighted by Crippen LogP contribution is -2.18. The van der Waals surface area contributed by atoms with Crippen LogP contribution in [0.3, 0.4) is 0 Å². The molecule has 0 fully saturated rings. The molecule has 0 saturated carbocycles. The van der Waals surface area contributed by atoms with E-state index in [0.29, 0.717) is 0 Å². The summed E-state index contributed by atoms with van der Waals surface area (Å²) in [5, 5.41) is 4.59. The minimum atomic E-state index is -0.0477. The minimum Gasteiger partial charge on any atom is -0.255 e. The van der Waals surface area contributed by atoms with Crippen LogP contribution in [0.25, 0.3) is 21.3 Å². The smallest absolute Gasteiger partial charge is 0.0883 e. The zero-order valence-corrected chi connectivity index (χ0v) is 13.5. The van der Waals surface area contributed by atoms with Gasteiger partial charge in [0, 0.05) is 17.0 Å². The Bertz CT molecular complexity index is 806. The van der Waals surface area contributed by atoms with Gasteiger partial charge in [0.15, 0.2) is 0 Å². The van der Waals surface area contributed by atoms with Gasteiger partial charge in [0.1, 0.15) is 0 Å². The molecular weight excluding hydrogens is 274 g/mol. The number of thiophene rings is 1. The summed E-state index contributed by atoms with van der Waals surface area (Å²) >= 11 is 1.76. The first-order chi connectivity index (χ1) is 10.0. The molecule has 2 heteroatoms. The molecule has 2 aromatic heterocycles. The Morgan fingerprint density at radius 2 is 1.90 bits per heavy atom. The number of allylic oxidation sites excluding steroid dienone is 1. The second-order valence-corrected chi connectivity index (χ2v) is 6.87. The van der Waals surface area contributed by atoms with Gasteiger partial charge in [-0.1, -0.05) is 50.3 Å². The Morgan fingerprint density at radius 3 is 2.67 bits per heavy atom. The molecule has 0 bridgehead atoms. The maximum absolute atomic E-state index is 4.66.